The van der Waals surface area contributed by atoms with E-state index in [0.717, 1.165) is 0 Å². The van der Waals surface area contributed by atoms with Gasteiger partial charge in [0.05, 0.1) is 11.5 Å². The third kappa shape index (κ3) is 3.09. The van der Waals surface area contributed by atoms with Crippen LogP contribution in [0.4, 0.5) is 5.95 Å². The van der Waals surface area contributed by atoms with Crippen molar-refractivity contribution in [1.29, 1.82) is 0 Å². The lowest BCUT2D eigenvalue weighted by molar-refractivity contribution is -0.150. The molecule has 0 saturated carbocycles. The van der Waals surface area contributed by atoms with E-state index in [-0.39, 0.29) is 12.0 Å². The van der Waals surface area contributed by atoms with Crippen LogP contribution in [0.15, 0.2) is 12.3 Å². The second-order valence-electron chi connectivity index (χ2n) is 6.15. The van der Waals surface area contributed by atoms with Gasteiger partial charge in [-0.2, -0.15) is 4.98 Å². The van der Waals surface area contributed by atoms with E-state index in [4.69, 9.17) is 4.74 Å². The minimum Gasteiger partial charge on any atom is -0.481 e. The van der Waals surface area contributed by atoms with Crippen LogP contribution in [0.25, 0.3) is 0 Å². The number of nitrogens with zero attached hydrogens (tertiary/aromatic N) is 3. The maximum atomic E-state index is 11.7. The highest BCUT2D eigenvalue weighted by Gasteiger charge is 2.47. The molecule has 1 aromatic heterocycles. The first-order chi connectivity index (χ1) is 9.85. The Labute approximate surface area is 125 Å². The van der Waals surface area contributed by atoms with Crippen molar-refractivity contribution in [3.05, 3.63) is 12.3 Å². The van der Waals surface area contributed by atoms with E-state index in [1.807, 2.05) is 32.6 Å². The first kappa shape index (κ1) is 15.5. The largest absolute Gasteiger partial charge is 0.481 e. The van der Waals surface area contributed by atoms with E-state index >= 15 is 0 Å². The predicted octanol–water partition coefficient (Wildman–Crippen LogP) is 2.20. The van der Waals surface area contributed by atoms with Crippen LogP contribution < -0.4 is 9.64 Å². The highest BCUT2D eigenvalue weighted by Crippen LogP contribution is 2.39. The fraction of sp³-hybridized carbons (Fsp3) is 0.667. The van der Waals surface area contributed by atoms with Crippen LogP contribution in [0.1, 0.15) is 34.1 Å². The second kappa shape index (κ2) is 5.87. The SMILES string of the molecule is CC(C)Oc1ccnc(N2CCC(C(=O)O)(C(C)C)C2)n1. The summed E-state index contributed by atoms with van der Waals surface area (Å²) in [5.41, 5.74) is -0.724. The molecule has 21 heavy (non-hydrogen) atoms. The van der Waals surface area contributed by atoms with Crippen LogP contribution in [0.3, 0.4) is 0 Å². The molecule has 0 amide bonds. The average Bonchev–Trinajstić information content (AvgIpc) is 2.84. The van der Waals surface area contributed by atoms with E-state index in [9.17, 15) is 9.90 Å². The zero-order valence-corrected chi connectivity index (χ0v) is 13.0. The van der Waals surface area contributed by atoms with Gasteiger partial charge in [-0.1, -0.05) is 13.8 Å². The van der Waals surface area contributed by atoms with Gasteiger partial charge in [-0.3, -0.25) is 4.79 Å². The Bertz CT molecular complexity index is 519. The zero-order chi connectivity index (χ0) is 15.6. The molecule has 1 aliphatic rings. The predicted molar refractivity (Wildman–Crippen MR) is 79.5 cm³/mol. The Morgan fingerprint density at radius 1 is 1.43 bits per heavy atom. The molecule has 1 saturated heterocycles. The molecule has 1 N–H and O–H groups in total. The lowest BCUT2D eigenvalue weighted by atomic mass is 9.76. The third-order valence-electron chi connectivity index (χ3n) is 4.09. The van der Waals surface area contributed by atoms with Gasteiger partial charge in [0.2, 0.25) is 11.8 Å². The molecule has 0 aromatic carbocycles. The van der Waals surface area contributed by atoms with Gasteiger partial charge in [0.25, 0.3) is 0 Å². The number of carbonyl (C=O) groups is 1. The summed E-state index contributed by atoms with van der Waals surface area (Å²) < 4.78 is 5.57. The zero-order valence-electron chi connectivity index (χ0n) is 13.0. The Morgan fingerprint density at radius 3 is 2.67 bits per heavy atom. The van der Waals surface area contributed by atoms with Crippen LogP contribution >= 0.6 is 0 Å². The number of aliphatic carboxylic acids is 1. The third-order valence-corrected chi connectivity index (χ3v) is 4.09. The van der Waals surface area contributed by atoms with Crippen molar-refractivity contribution >= 4 is 11.9 Å². The molecule has 2 rings (SSSR count). The van der Waals surface area contributed by atoms with E-state index in [2.05, 4.69) is 9.97 Å². The number of hydrogen-bond donors (Lipinski definition) is 1. The van der Waals surface area contributed by atoms with Crippen molar-refractivity contribution in [2.45, 2.75) is 40.2 Å². The number of carboxylic acids is 1. The number of hydrogen-bond acceptors (Lipinski definition) is 5. The van der Waals surface area contributed by atoms with Gasteiger partial charge in [0.1, 0.15) is 0 Å². The summed E-state index contributed by atoms with van der Waals surface area (Å²) in [6.45, 7) is 8.87. The molecule has 1 aliphatic heterocycles. The Hall–Kier alpha value is -1.85. The Kier molecular flexibility index (Phi) is 4.34. The lowest BCUT2D eigenvalue weighted by Gasteiger charge is -2.28. The molecule has 116 valence electrons. The summed E-state index contributed by atoms with van der Waals surface area (Å²) in [6, 6.07) is 1.71. The molecule has 0 radical (unpaired) electrons. The molecule has 1 fully saturated rings. The van der Waals surface area contributed by atoms with Gasteiger partial charge in [-0.15, -0.1) is 0 Å². The van der Waals surface area contributed by atoms with E-state index in [0.29, 0.717) is 31.3 Å². The monoisotopic (exact) mass is 293 g/mol. The molecule has 1 atom stereocenters. The summed E-state index contributed by atoms with van der Waals surface area (Å²) in [6.07, 6.45) is 2.30. The summed E-state index contributed by atoms with van der Waals surface area (Å²) in [5, 5.41) is 9.58. The molecule has 0 spiro atoms. The molecule has 6 heteroatoms. The number of anilines is 1. The van der Waals surface area contributed by atoms with Crippen LogP contribution in [-0.4, -0.2) is 40.2 Å². The van der Waals surface area contributed by atoms with Crippen LogP contribution in [-0.2, 0) is 4.79 Å². The Balaban J connectivity index is 2.19. The maximum Gasteiger partial charge on any atom is 0.311 e. The summed E-state index contributed by atoms with van der Waals surface area (Å²) in [5.74, 6) is 0.383. The standard InChI is InChI=1S/C15H23N3O3/c1-10(2)15(13(19)20)6-8-18(9-15)14-16-7-5-12(17-14)21-11(3)4/h5,7,10-11H,6,8-9H2,1-4H3,(H,19,20). The van der Waals surface area contributed by atoms with Crippen molar-refractivity contribution < 1.29 is 14.6 Å². The highest BCUT2D eigenvalue weighted by molar-refractivity contribution is 5.77. The van der Waals surface area contributed by atoms with E-state index in [1.165, 1.54) is 0 Å². The fourth-order valence-corrected chi connectivity index (χ4v) is 2.69. The van der Waals surface area contributed by atoms with Crippen molar-refractivity contribution in [2.24, 2.45) is 11.3 Å². The first-order valence-electron chi connectivity index (χ1n) is 7.33. The van der Waals surface area contributed by atoms with Gasteiger partial charge in [0.15, 0.2) is 0 Å². The topological polar surface area (TPSA) is 75.5 Å². The number of carboxylic acid groups (broad SMARTS) is 1. The summed E-state index contributed by atoms with van der Waals surface area (Å²) >= 11 is 0. The quantitative estimate of drug-likeness (QED) is 0.897. The lowest BCUT2D eigenvalue weighted by Crippen LogP contribution is -2.39. The van der Waals surface area contributed by atoms with Crippen molar-refractivity contribution in [1.82, 2.24) is 9.97 Å². The molecular weight excluding hydrogens is 270 g/mol. The number of ether oxygens (including phenoxy) is 1. The van der Waals surface area contributed by atoms with Gasteiger partial charge < -0.3 is 14.7 Å². The van der Waals surface area contributed by atoms with Gasteiger partial charge in [-0.25, -0.2) is 4.98 Å². The molecular formula is C15H23N3O3. The molecule has 0 aliphatic carbocycles. The van der Waals surface area contributed by atoms with Gasteiger partial charge >= 0.3 is 5.97 Å². The fourth-order valence-electron chi connectivity index (χ4n) is 2.69. The van der Waals surface area contributed by atoms with Crippen molar-refractivity contribution in [3.63, 3.8) is 0 Å². The van der Waals surface area contributed by atoms with Crippen LogP contribution in [0, 0.1) is 11.3 Å². The maximum absolute atomic E-state index is 11.7. The van der Waals surface area contributed by atoms with E-state index < -0.39 is 11.4 Å². The molecule has 6 nitrogen and oxygen atoms in total. The van der Waals surface area contributed by atoms with Gasteiger partial charge in [-0.05, 0) is 26.2 Å². The van der Waals surface area contributed by atoms with Crippen molar-refractivity contribution in [3.8, 4) is 5.88 Å². The number of aromatic nitrogens is 2. The molecule has 1 unspecified atom stereocenters. The summed E-state index contributed by atoms with van der Waals surface area (Å²) in [4.78, 5) is 22.2. The van der Waals surface area contributed by atoms with Crippen LogP contribution in [0.2, 0.25) is 0 Å². The van der Waals surface area contributed by atoms with Crippen molar-refractivity contribution in [2.75, 3.05) is 18.0 Å². The first-order valence-corrected chi connectivity index (χ1v) is 7.33. The minimum atomic E-state index is -0.741. The smallest absolute Gasteiger partial charge is 0.311 e. The molecule has 0 bridgehead atoms. The number of rotatable bonds is 5. The highest BCUT2D eigenvalue weighted by atomic mass is 16.5. The van der Waals surface area contributed by atoms with Crippen LogP contribution in [0.5, 0.6) is 5.88 Å². The van der Waals surface area contributed by atoms with Gasteiger partial charge in [0, 0.05) is 25.4 Å². The molecule has 2 heterocycles. The normalized spacial score (nSPS) is 22.1. The second-order valence-corrected chi connectivity index (χ2v) is 6.15. The van der Waals surface area contributed by atoms with E-state index in [1.54, 1.807) is 12.3 Å². The Morgan fingerprint density at radius 2 is 2.14 bits per heavy atom. The molecule has 1 aromatic rings. The summed E-state index contributed by atoms with van der Waals surface area (Å²) in [7, 11) is 0. The average molecular weight is 293 g/mol. The minimum absolute atomic E-state index is 0.0418.